The Labute approximate surface area is 141 Å². The number of benzene rings is 1. The lowest BCUT2D eigenvalue weighted by molar-refractivity contribution is 0.0712. The fourth-order valence-electron chi connectivity index (χ4n) is 2.56. The van der Waals surface area contributed by atoms with Gasteiger partial charge in [-0.15, -0.1) is 0 Å². The molecule has 5 nitrogen and oxygen atoms in total. The first-order valence-electron chi connectivity index (χ1n) is 7.64. The van der Waals surface area contributed by atoms with Crippen LogP contribution in [0.1, 0.15) is 31.6 Å². The highest BCUT2D eigenvalue weighted by atomic mass is 32.2. The minimum atomic E-state index is -3.45. The zero-order chi connectivity index (χ0) is 18.1. The van der Waals surface area contributed by atoms with E-state index in [-0.39, 0.29) is 4.90 Å². The third-order valence-electron chi connectivity index (χ3n) is 3.74. The summed E-state index contributed by atoms with van der Waals surface area (Å²) in [5.74, 6) is 0.408. The van der Waals surface area contributed by atoms with E-state index in [0.29, 0.717) is 35.3 Å². The maximum atomic E-state index is 12.3. The Morgan fingerprint density at radius 3 is 2.38 bits per heavy atom. The standard InChI is InChI=1S/C18H22O5S/c1-12-11-15(13-7-5-6-8-16(13)24(4,21)22)14(17(19)23-12)9-10-18(2,3)20/h5-8,11,20H,9-10H2,1-4H3. The smallest absolute Gasteiger partial charge is 0.339 e. The lowest BCUT2D eigenvalue weighted by atomic mass is 9.94. The molecule has 2 rings (SSSR count). The van der Waals surface area contributed by atoms with Crippen molar-refractivity contribution in [3.8, 4) is 11.1 Å². The number of aryl methyl sites for hydroxylation is 1. The van der Waals surface area contributed by atoms with Crippen LogP contribution in [0.2, 0.25) is 0 Å². The highest BCUT2D eigenvalue weighted by Crippen LogP contribution is 2.30. The molecule has 6 heteroatoms. The highest BCUT2D eigenvalue weighted by Gasteiger charge is 2.21. The number of hydrogen-bond acceptors (Lipinski definition) is 5. The zero-order valence-corrected chi connectivity index (χ0v) is 15.1. The Morgan fingerprint density at radius 2 is 1.79 bits per heavy atom. The second-order valence-electron chi connectivity index (χ2n) is 6.62. The number of sulfone groups is 1. The van der Waals surface area contributed by atoms with Gasteiger partial charge in [0.25, 0.3) is 0 Å². The van der Waals surface area contributed by atoms with Crippen molar-refractivity contribution in [2.24, 2.45) is 0 Å². The van der Waals surface area contributed by atoms with Crippen LogP contribution in [0.5, 0.6) is 0 Å². The van der Waals surface area contributed by atoms with E-state index in [1.165, 1.54) is 6.07 Å². The predicted molar refractivity (Wildman–Crippen MR) is 92.9 cm³/mol. The van der Waals surface area contributed by atoms with Crippen molar-refractivity contribution in [1.29, 1.82) is 0 Å². The molecule has 0 saturated heterocycles. The van der Waals surface area contributed by atoms with E-state index in [2.05, 4.69) is 0 Å². The molecule has 0 unspecified atom stereocenters. The molecule has 0 aliphatic rings. The van der Waals surface area contributed by atoms with Gasteiger partial charge in [-0.3, -0.25) is 0 Å². The summed E-state index contributed by atoms with van der Waals surface area (Å²) >= 11 is 0. The van der Waals surface area contributed by atoms with Gasteiger partial charge in [-0.05, 0) is 51.3 Å². The van der Waals surface area contributed by atoms with Crippen molar-refractivity contribution >= 4 is 9.84 Å². The average molecular weight is 350 g/mol. The lowest BCUT2D eigenvalue weighted by Crippen LogP contribution is -2.22. The van der Waals surface area contributed by atoms with Crippen molar-refractivity contribution in [2.45, 2.75) is 44.1 Å². The summed E-state index contributed by atoms with van der Waals surface area (Å²) in [6.45, 7) is 4.97. The summed E-state index contributed by atoms with van der Waals surface area (Å²) in [5, 5.41) is 9.94. The topological polar surface area (TPSA) is 84.6 Å². The Bertz CT molecular complexity index is 902. The van der Waals surface area contributed by atoms with E-state index in [4.69, 9.17) is 4.42 Å². The van der Waals surface area contributed by atoms with Crippen LogP contribution in [0, 0.1) is 6.92 Å². The van der Waals surface area contributed by atoms with Gasteiger partial charge in [0.05, 0.1) is 10.5 Å². The molecule has 0 saturated carbocycles. The second-order valence-corrected chi connectivity index (χ2v) is 8.60. The molecular formula is C18H22O5S. The summed E-state index contributed by atoms with van der Waals surface area (Å²) in [4.78, 5) is 12.5. The second kappa shape index (κ2) is 6.53. The van der Waals surface area contributed by atoms with Crippen molar-refractivity contribution in [3.05, 3.63) is 52.1 Å². The maximum absolute atomic E-state index is 12.3. The van der Waals surface area contributed by atoms with Gasteiger partial charge in [0, 0.05) is 17.4 Å². The molecular weight excluding hydrogens is 328 g/mol. The van der Waals surface area contributed by atoms with Gasteiger partial charge in [0.1, 0.15) is 5.76 Å². The first-order valence-corrected chi connectivity index (χ1v) is 9.53. The molecule has 1 aromatic carbocycles. The van der Waals surface area contributed by atoms with Gasteiger partial charge in [-0.1, -0.05) is 18.2 Å². The molecule has 1 heterocycles. The van der Waals surface area contributed by atoms with Gasteiger partial charge >= 0.3 is 5.63 Å². The van der Waals surface area contributed by atoms with E-state index in [1.807, 2.05) is 0 Å². The van der Waals surface area contributed by atoms with Gasteiger partial charge < -0.3 is 9.52 Å². The molecule has 2 aromatic rings. The third-order valence-corrected chi connectivity index (χ3v) is 4.89. The van der Waals surface area contributed by atoms with Gasteiger partial charge in [-0.25, -0.2) is 13.2 Å². The minimum absolute atomic E-state index is 0.166. The molecule has 0 aliphatic heterocycles. The summed E-state index contributed by atoms with van der Waals surface area (Å²) < 4.78 is 29.3. The molecule has 0 radical (unpaired) electrons. The quantitative estimate of drug-likeness (QED) is 0.896. The van der Waals surface area contributed by atoms with Crippen molar-refractivity contribution in [1.82, 2.24) is 0 Å². The molecule has 0 fully saturated rings. The number of rotatable bonds is 5. The van der Waals surface area contributed by atoms with Crippen LogP contribution < -0.4 is 5.63 Å². The normalized spacial score (nSPS) is 12.4. The fourth-order valence-corrected chi connectivity index (χ4v) is 3.46. The highest BCUT2D eigenvalue weighted by molar-refractivity contribution is 7.90. The Balaban J connectivity index is 2.69. The molecule has 1 aromatic heterocycles. The molecule has 0 bridgehead atoms. The lowest BCUT2D eigenvalue weighted by Gasteiger charge is -2.18. The number of aliphatic hydroxyl groups is 1. The fraction of sp³-hybridized carbons (Fsp3) is 0.389. The minimum Gasteiger partial charge on any atom is -0.428 e. The first kappa shape index (κ1) is 18.4. The molecule has 0 amide bonds. The Morgan fingerprint density at radius 1 is 1.17 bits per heavy atom. The molecule has 0 atom stereocenters. The van der Waals surface area contributed by atoms with E-state index in [1.54, 1.807) is 45.0 Å². The van der Waals surface area contributed by atoms with Gasteiger partial charge in [-0.2, -0.15) is 0 Å². The van der Waals surface area contributed by atoms with Crippen LogP contribution in [0.15, 0.2) is 44.4 Å². The molecule has 24 heavy (non-hydrogen) atoms. The summed E-state index contributed by atoms with van der Waals surface area (Å²) in [7, 11) is -3.45. The van der Waals surface area contributed by atoms with Crippen LogP contribution in [0.3, 0.4) is 0 Å². The van der Waals surface area contributed by atoms with Crippen molar-refractivity contribution in [3.63, 3.8) is 0 Å². The predicted octanol–water partition coefficient (Wildman–Crippen LogP) is 2.72. The molecule has 0 aliphatic carbocycles. The monoisotopic (exact) mass is 350 g/mol. The summed E-state index contributed by atoms with van der Waals surface area (Å²) in [5.41, 5.74) is -0.0579. The zero-order valence-electron chi connectivity index (χ0n) is 14.3. The van der Waals surface area contributed by atoms with E-state index < -0.39 is 21.1 Å². The van der Waals surface area contributed by atoms with Crippen LogP contribution >= 0.6 is 0 Å². The van der Waals surface area contributed by atoms with E-state index >= 15 is 0 Å². The largest absolute Gasteiger partial charge is 0.428 e. The molecule has 130 valence electrons. The Hall–Kier alpha value is -1.92. The summed E-state index contributed by atoms with van der Waals surface area (Å²) in [6, 6.07) is 8.25. The van der Waals surface area contributed by atoms with E-state index in [9.17, 15) is 18.3 Å². The molecule has 1 N–H and O–H groups in total. The average Bonchev–Trinajstić information content (AvgIpc) is 2.43. The van der Waals surface area contributed by atoms with Crippen LogP contribution in [-0.2, 0) is 16.3 Å². The molecule has 0 spiro atoms. The van der Waals surface area contributed by atoms with Crippen molar-refractivity contribution in [2.75, 3.05) is 6.26 Å². The van der Waals surface area contributed by atoms with Crippen LogP contribution in [0.4, 0.5) is 0 Å². The SMILES string of the molecule is Cc1cc(-c2ccccc2S(C)(=O)=O)c(CCC(C)(C)O)c(=O)o1. The van der Waals surface area contributed by atoms with Crippen molar-refractivity contribution < 1.29 is 17.9 Å². The van der Waals surface area contributed by atoms with Crippen LogP contribution in [0.25, 0.3) is 11.1 Å². The van der Waals surface area contributed by atoms with Crippen LogP contribution in [-0.4, -0.2) is 25.4 Å². The van der Waals surface area contributed by atoms with E-state index in [0.717, 1.165) is 6.26 Å². The van der Waals surface area contributed by atoms with Gasteiger partial charge in [0.2, 0.25) is 0 Å². The number of hydrogen-bond donors (Lipinski definition) is 1. The Kier molecular flexibility index (Phi) is 5.01. The first-order chi connectivity index (χ1) is 11.0. The maximum Gasteiger partial charge on any atom is 0.339 e. The summed E-state index contributed by atoms with van der Waals surface area (Å²) in [6.07, 6.45) is 1.79. The third kappa shape index (κ3) is 4.33. The van der Waals surface area contributed by atoms with Gasteiger partial charge in [0.15, 0.2) is 9.84 Å².